The molecule has 106 valence electrons. The summed E-state index contributed by atoms with van der Waals surface area (Å²) in [5.74, 6) is 0.382. The van der Waals surface area contributed by atoms with Gasteiger partial charge in [-0.15, -0.1) is 0 Å². The van der Waals surface area contributed by atoms with Crippen LogP contribution in [0.5, 0.6) is 0 Å². The molecule has 3 rings (SSSR count). The van der Waals surface area contributed by atoms with E-state index in [0.717, 1.165) is 48.9 Å². The van der Waals surface area contributed by atoms with Gasteiger partial charge in [-0.05, 0) is 53.4 Å². The molecule has 4 heteroatoms. The van der Waals surface area contributed by atoms with Crippen molar-refractivity contribution in [1.82, 2.24) is 0 Å². The van der Waals surface area contributed by atoms with E-state index in [0.29, 0.717) is 11.5 Å². The zero-order valence-electron chi connectivity index (χ0n) is 11.5. The summed E-state index contributed by atoms with van der Waals surface area (Å²) in [6.07, 6.45) is 5.33. The molecule has 0 amide bonds. The smallest absolute Gasteiger partial charge is 0.0992 e. The molecule has 1 saturated heterocycles. The third-order valence-electron chi connectivity index (χ3n) is 4.85. The highest BCUT2D eigenvalue weighted by atomic mass is 79.9. The van der Waals surface area contributed by atoms with Crippen LogP contribution in [-0.2, 0) is 0 Å². The maximum atomic E-state index is 10.7. The third-order valence-corrected chi connectivity index (χ3v) is 5.48. The van der Waals surface area contributed by atoms with Crippen LogP contribution in [0.25, 0.3) is 0 Å². The van der Waals surface area contributed by atoms with Crippen LogP contribution in [0, 0.1) is 17.2 Å². The molecule has 2 aliphatic rings. The number of anilines is 1. The van der Waals surface area contributed by atoms with E-state index in [1.165, 1.54) is 6.42 Å². The first-order valence-corrected chi connectivity index (χ1v) is 8.09. The maximum absolute atomic E-state index is 10.7. The number of benzene rings is 1. The zero-order valence-corrected chi connectivity index (χ0v) is 13.1. The topological polar surface area (TPSA) is 47.3 Å². The van der Waals surface area contributed by atoms with Crippen LogP contribution >= 0.6 is 15.9 Å². The standard InChI is InChI=1S/C16H19BrN2O/c17-14-9-12(10-18)4-5-15(14)19-8-7-16(20)6-2-1-3-13(16)11-19/h4-5,9,13,20H,1-3,6-8,11H2. The summed E-state index contributed by atoms with van der Waals surface area (Å²) in [6, 6.07) is 7.91. The number of hydrogen-bond acceptors (Lipinski definition) is 3. The van der Waals surface area contributed by atoms with E-state index >= 15 is 0 Å². The van der Waals surface area contributed by atoms with Crippen molar-refractivity contribution >= 4 is 21.6 Å². The lowest BCUT2D eigenvalue weighted by Crippen LogP contribution is -2.53. The first-order chi connectivity index (χ1) is 9.62. The number of nitrogens with zero attached hydrogens (tertiary/aromatic N) is 2. The molecule has 1 aliphatic heterocycles. The Morgan fingerprint density at radius 3 is 2.95 bits per heavy atom. The predicted octanol–water partition coefficient (Wildman–Crippen LogP) is 3.45. The Morgan fingerprint density at radius 1 is 1.35 bits per heavy atom. The number of nitriles is 1. The van der Waals surface area contributed by atoms with Gasteiger partial charge < -0.3 is 10.0 Å². The Kier molecular flexibility index (Phi) is 3.74. The van der Waals surface area contributed by atoms with Crippen molar-refractivity contribution in [1.29, 1.82) is 5.26 Å². The van der Waals surface area contributed by atoms with Gasteiger partial charge in [0.15, 0.2) is 0 Å². The molecule has 20 heavy (non-hydrogen) atoms. The van der Waals surface area contributed by atoms with Gasteiger partial charge in [0.25, 0.3) is 0 Å². The summed E-state index contributed by atoms with van der Waals surface area (Å²) < 4.78 is 0.970. The van der Waals surface area contributed by atoms with Crippen LogP contribution in [0.3, 0.4) is 0 Å². The lowest BCUT2D eigenvalue weighted by molar-refractivity contribution is -0.0612. The summed E-state index contributed by atoms with van der Waals surface area (Å²) >= 11 is 3.57. The Bertz CT molecular complexity index is 554. The molecule has 1 aromatic rings. The van der Waals surface area contributed by atoms with Crippen molar-refractivity contribution in [3.63, 3.8) is 0 Å². The average Bonchev–Trinajstić information content (AvgIpc) is 2.46. The number of aliphatic hydroxyl groups is 1. The quantitative estimate of drug-likeness (QED) is 0.855. The minimum Gasteiger partial charge on any atom is -0.389 e. The van der Waals surface area contributed by atoms with Gasteiger partial charge in [-0.2, -0.15) is 5.26 Å². The number of rotatable bonds is 1. The fraction of sp³-hybridized carbons (Fsp3) is 0.562. The normalized spacial score (nSPS) is 29.6. The second-order valence-corrected chi connectivity index (χ2v) is 6.87. The zero-order chi connectivity index (χ0) is 14.2. The van der Waals surface area contributed by atoms with Crippen molar-refractivity contribution in [3.8, 4) is 6.07 Å². The van der Waals surface area contributed by atoms with Crippen molar-refractivity contribution in [2.75, 3.05) is 18.0 Å². The summed E-state index contributed by atoms with van der Waals surface area (Å²) in [7, 11) is 0. The minimum atomic E-state index is -0.437. The molecule has 2 atom stereocenters. The van der Waals surface area contributed by atoms with Crippen LogP contribution in [0.2, 0.25) is 0 Å². The largest absolute Gasteiger partial charge is 0.389 e. The van der Waals surface area contributed by atoms with Crippen molar-refractivity contribution in [2.24, 2.45) is 5.92 Å². The summed E-state index contributed by atoms with van der Waals surface area (Å²) in [5.41, 5.74) is 1.37. The molecule has 0 radical (unpaired) electrons. The second-order valence-electron chi connectivity index (χ2n) is 6.02. The van der Waals surface area contributed by atoms with Gasteiger partial charge in [0.2, 0.25) is 0 Å². The predicted molar refractivity (Wildman–Crippen MR) is 82.6 cm³/mol. The summed E-state index contributed by atoms with van der Waals surface area (Å²) in [4.78, 5) is 2.34. The average molecular weight is 335 g/mol. The Labute approximate surface area is 128 Å². The highest BCUT2D eigenvalue weighted by molar-refractivity contribution is 9.10. The molecule has 0 spiro atoms. The summed E-state index contributed by atoms with van der Waals surface area (Å²) in [5, 5.41) is 19.7. The van der Waals surface area contributed by atoms with Crippen LogP contribution in [0.4, 0.5) is 5.69 Å². The molecule has 1 aliphatic carbocycles. The minimum absolute atomic E-state index is 0.382. The third kappa shape index (κ3) is 2.45. The lowest BCUT2D eigenvalue weighted by Gasteiger charge is -2.48. The molecule has 3 nitrogen and oxygen atoms in total. The fourth-order valence-electron chi connectivity index (χ4n) is 3.62. The van der Waals surface area contributed by atoms with Gasteiger partial charge in [0.05, 0.1) is 22.9 Å². The molecule has 1 heterocycles. The molecule has 1 N–H and O–H groups in total. The number of halogens is 1. The fourth-order valence-corrected chi connectivity index (χ4v) is 4.25. The molecular formula is C16H19BrN2O. The molecule has 2 unspecified atom stereocenters. The van der Waals surface area contributed by atoms with Crippen LogP contribution in [0.15, 0.2) is 22.7 Å². The van der Waals surface area contributed by atoms with E-state index in [1.54, 1.807) is 0 Å². The van der Waals surface area contributed by atoms with E-state index in [-0.39, 0.29) is 0 Å². The van der Waals surface area contributed by atoms with Crippen LogP contribution in [-0.4, -0.2) is 23.8 Å². The van der Waals surface area contributed by atoms with E-state index in [9.17, 15) is 5.11 Å². The molecule has 1 aromatic carbocycles. The lowest BCUT2D eigenvalue weighted by atomic mass is 9.71. The monoisotopic (exact) mass is 334 g/mol. The van der Waals surface area contributed by atoms with E-state index < -0.39 is 5.60 Å². The van der Waals surface area contributed by atoms with Crippen molar-refractivity contribution < 1.29 is 5.11 Å². The molecule has 2 fully saturated rings. The molecule has 0 bridgehead atoms. The van der Waals surface area contributed by atoms with Gasteiger partial charge in [-0.25, -0.2) is 0 Å². The van der Waals surface area contributed by atoms with Gasteiger partial charge >= 0.3 is 0 Å². The van der Waals surface area contributed by atoms with Gasteiger partial charge in [-0.3, -0.25) is 0 Å². The Hall–Kier alpha value is -1.05. The highest BCUT2D eigenvalue weighted by Gasteiger charge is 2.42. The van der Waals surface area contributed by atoms with E-state index in [4.69, 9.17) is 5.26 Å². The number of fused-ring (bicyclic) bond motifs is 1. The SMILES string of the molecule is N#Cc1ccc(N2CCC3(O)CCCCC3C2)c(Br)c1. The van der Waals surface area contributed by atoms with Gasteiger partial charge in [0.1, 0.15) is 0 Å². The van der Waals surface area contributed by atoms with Crippen LogP contribution in [0.1, 0.15) is 37.7 Å². The van der Waals surface area contributed by atoms with Crippen LogP contribution < -0.4 is 4.90 Å². The van der Waals surface area contributed by atoms with Crippen molar-refractivity contribution in [2.45, 2.75) is 37.7 Å². The first-order valence-electron chi connectivity index (χ1n) is 7.29. The van der Waals surface area contributed by atoms with E-state index in [1.807, 2.05) is 18.2 Å². The molecule has 0 aromatic heterocycles. The first kappa shape index (κ1) is 13.9. The Balaban J connectivity index is 1.81. The molecule has 1 saturated carbocycles. The summed E-state index contributed by atoms with van der Waals surface area (Å²) in [6.45, 7) is 1.80. The van der Waals surface area contributed by atoms with Crippen molar-refractivity contribution in [3.05, 3.63) is 28.2 Å². The van der Waals surface area contributed by atoms with E-state index in [2.05, 4.69) is 26.9 Å². The van der Waals surface area contributed by atoms with Gasteiger partial charge in [-0.1, -0.05) is 12.8 Å². The van der Waals surface area contributed by atoms with Gasteiger partial charge in [0, 0.05) is 23.5 Å². The molecular weight excluding hydrogens is 316 g/mol. The second kappa shape index (κ2) is 5.38. The highest BCUT2D eigenvalue weighted by Crippen LogP contribution is 2.42. The Morgan fingerprint density at radius 2 is 2.20 bits per heavy atom. The number of hydrogen-bond donors (Lipinski definition) is 1. The maximum Gasteiger partial charge on any atom is 0.0992 e. The number of piperidine rings is 1.